The number of anilines is 2. The first-order valence-electron chi connectivity index (χ1n) is 24.4. The number of piperazine rings is 1. The fraction of sp³-hybridized carbons (Fsp3) is 0.434. The predicted octanol–water partition coefficient (Wildman–Crippen LogP) is 5.43. The Balaban J connectivity index is 0.695. The van der Waals surface area contributed by atoms with Gasteiger partial charge in [0, 0.05) is 145 Å². The lowest BCUT2D eigenvalue weighted by Gasteiger charge is -2.39. The first-order valence-corrected chi connectivity index (χ1v) is 24.4. The topological polar surface area (TPSA) is 148 Å². The summed E-state index contributed by atoms with van der Waals surface area (Å²) in [5.74, 6) is -1.12. The molecule has 0 radical (unpaired) electrons. The number of halogens is 1. The largest absolute Gasteiger partial charge is 0.388 e. The minimum Gasteiger partial charge on any atom is -0.388 e. The number of pyridine rings is 2. The molecule has 5 aliphatic heterocycles. The molecule has 2 atom stereocenters. The van der Waals surface area contributed by atoms with Crippen molar-refractivity contribution in [1.29, 1.82) is 0 Å². The summed E-state index contributed by atoms with van der Waals surface area (Å²) < 4.78 is 19.8. The number of benzene rings is 2. The summed E-state index contributed by atoms with van der Waals surface area (Å²) in [5.41, 5.74) is 8.85. The molecule has 4 amide bonds. The van der Waals surface area contributed by atoms with E-state index >= 15 is 4.39 Å². The molecule has 3 aromatic heterocycles. The second kappa shape index (κ2) is 19.1. The third-order valence-electron chi connectivity index (χ3n) is 15.2. The summed E-state index contributed by atoms with van der Waals surface area (Å²) in [4.78, 5) is 79.8. The first kappa shape index (κ1) is 46.2. The second-order valence-corrected chi connectivity index (χ2v) is 19.6. The highest BCUT2D eigenvalue weighted by molar-refractivity contribution is 6.12. The molecule has 5 aromatic rings. The average Bonchev–Trinajstić information content (AvgIpc) is 3.79. The number of nitrogens with zero attached hydrogens (tertiary/aromatic N) is 8. The smallest absolute Gasteiger partial charge is 0.257 e. The summed E-state index contributed by atoms with van der Waals surface area (Å²) >= 11 is 0. The van der Waals surface area contributed by atoms with Crippen molar-refractivity contribution in [3.63, 3.8) is 0 Å². The number of amides is 4. The Hall–Kier alpha value is -6.49. The number of hydrogen-bond acceptors (Lipinski definition) is 10. The van der Waals surface area contributed by atoms with E-state index in [9.17, 15) is 24.0 Å². The van der Waals surface area contributed by atoms with Crippen LogP contribution in [0.1, 0.15) is 83.3 Å². The Morgan fingerprint density at radius 1 is 0.855 bits per heavy atom. The van der Waals surface area contributed by atoms with E-state index in [1.807, 2.05) is 50.1 Å². The molecule has 2 aromatic carbocycles. The van der Waals surface area contributed by atoms with Crippen molar-refractivity contribution in [2.24, 2.45) is 13.0 Å². The van der Waals surface area contributed by atoms with E-state index in [1.165, 1.54) is 6.07 Å². The third kappa shape index (κ3) is 9.12. The summed E-state index contributed by atoms with van der Waals surface area (Å²) in [7, 11) is 3.78. The number of aryl methyl sites for hydroxylation is 2. The summed E-state index contributed by atoms with van der Waals surface area (Å²) in [6.45, 7) is 12.7. The van der Waals surface area contributed by atoms with Crippen LogP contribution in [0.3, 0.4) is 0 Å². The van der Waals surface area contributed by atoms with E-state index in [4.69, 9.17) is 0 Å². The Morgan fingerprint density at radius 2 is 1.64 bits per heavy atom. The Labute approximate surface area is 401 Å². The van der Waals surface area contributed by atoms with E-state index in [0.717, 1.165) is 115 Å². The van der Waals surface area contributed by atoms with E-state index in [0.29, 0.717) is 56.1 Å². The molecular formula is C53H61FN10O5. The van der Waals surface area contributed by atoms with Gasteiger partial charge in [0.15, 0.2) is 0 Å². The maximum absolute atomic E-state index is 16.0. The lowest BCUT2D eigenvalue weighted by Crippen LogP contribution is -2.53. The maximum atomic E-state index is 16.0. The van der Waals surface area contributed by atoms with Crippen LogP contribution >= 0.6 is 0 Å². The van der Waals surface area contributed by atoms with Gasteiger partial charge in [0.2, 0.25) is 17.7 Å². The Bertz CT molecular complexity index is 2920. The van der Waals surface area contributed by atoms with Gasteiger partial charge in [0.05, 0.1) is 11.6 Å². The molecule has 3 saturated heterocycles. The number of likely N-dealkylation sites (tertiary alicyclic amines) is 1. The molecule has 5 aliphatic rings. The average molecular weight is 937 g/mol. The van der Waals surface area contributed by atoms with Crippen molar-refractivity contribution in [1.82, 2.24) is 39.0 Å². The number of fused-ring (bicyclic) bond motifs is 2. The molecule has 0 saturated carbocycles. The third-order valence-corrected chi connectivity index (χ3v) is 15.2. The van der Waals surface area contributed by atoms with E-state index in [-0.39, 0.29) is 41.4 Å². The SMILES string of the molecule is CNc1ccn(-c2ccnc3c2cc(CN2CC=C(c4c(C)cc(C(=O)N5CCC(CN6CCN(Cc7ccc8c(c7)C(C)C(=O)N8[C@@H]7CCC(=O)NC7=O)CC6)CC5)cc4F)CC2)n3C)c(=O)c1. The van der Waals surface area contributed by atoms with Gasteiger partial charge < -0.3 is 19.7 Å². The Kier molecular flexibility index (Phi) is 12.8. The lowest BCUT2D eigenvalue weighted by atomic mass is 9.92. The zero-order valence-corrected chi connectivity index (χ0v) is 40.0. The van der Waals surface area contributed by atoms with Gasteiger partial charge in [0.1, 0.15) is 17.5 Å². The number of hydrogen-bond donors (Lipinski definition) is 2. The van der Waals surface area contributed by atoms with Gasteiger partial charge in [-0.25, -0.2) is 9.37 Å². The van der Waals surface area contributed by atoms with Crippen molar-refractivity contribution in [3.8, 4) is 5.69 Å². The molecule has 3 fully saturated rings. The highest BCUT2D eigenvalue weighted by Gasteiger charge is 2.43. The molecule has 360 valence electrons. The predicted molar refractivity (Wildman–Crippen MR) is 264 cm³/mol. The van der Waals surface area contributed by atoms with Crippen molar-refractivity contribution in [2.75, 3.05) is 76.2 Å². The van der Waals surface area contributed by atoms with Crippen LogP contribution in [-0.4, -0.2) is 129 Å². The molecule has 16 heteroatoms. The number of imide groups is 1. The Morgan fingerprint density at radius 3 is 2.35 bits per heavy atom. The number of nitrogens with one attached hydrogen (secondary N) is 2. The van der Waals surface area contributed by atoms with Crippen LogP contribution < -0.4 is 21.1 Å². The summed E-state index contributed by atoms with van der Waals surface area (Å²) in [6, 6.07) is 16.2. The molecule has 10 rings (SSSR count). The minimum absolute atomic E-state index is 0.0988. The fourth-order valence-corrected chi connectivity index (χ4v) is 11.3. The van der Waals surface area contributed by atoms with Crippen molar-refractivity contribution in [2.45, 2.75) is 71.0 Å². The molecule has 8 heterocycles. The molecule has 1 unspecified atom stereocenters. The summed E-state index contributed by atoms with van der Waals surface area (Å²) in [6.07, 6.45) is 8.69. The van der Waals surface area contributed by atoms with Gasteiger partial charge in [-0.3, -0.25) is 48.6 Å². The van der Waals surface area contributed by atoms with Gasteiger partial charge in [-0.05, 0) is 104 Å². The van der Waals surface area contributed by atoms with E-state index in [1.54, 1.807) is 35.0 Å². The van der Waals surface area contributed by atoms with Gasteiger partial charge in [0.25, 0.3) is 11.5 Å². The van der Waals surface area contributed by atoms with Crippen LogP contribution in [0.2, 0.25) is 0 Å². The van der Waals surface area contributed by atoms with Gasteiger partial charge in [-0.2, -0.15) is 0 Å². The number of rotatable bonds is 11. The van der Waals surface area contributed by atoms with Crippen molar-refractivity contribution in [3.05, 3.63) is 123 Å². The van der Waals surface area contributed by atoms with E-state index in [2.05, 4.69) is 59.2 Å². The van der Waals surface area contributed by atoms with Gasteiger partial charge >= 0.3 is 0 Å². The number of carbonyl (C=O) groups is 4. The normalized spacial score (nSPS) is 20.9. The monoisotopic (exact) mass is 936 g/mol. The zero-order chi connectivity index (χ0) is 48.1. The molecule has 69 heavy (non-hydrogen) atoms. The molecule has 0 aliphatic carbocycles. The quantitative estimate of drug-likeness (QED) is 0.165. The number of aromatic nitrogens is 3. The number of carbonyl (C=O) groups excluding carboxylic acids is 4. The zero-order valence-electron chi connectivity index (χ0n) is 40.0. The van der Waals surface area contributed by atoms with Crippen molar-refractivity contribution < 1.29 is 23.6 Å². The molecular weight excluding hydrogens is 876 g/mol. The lowest BCUT2D eigenvalue weighted by molar-refractivity contribution is -0.135. The molecule has 2 N–H and O–H groups in total. The van der Waals surface area contributed by atoms with Crippen LogP contribution in [0.15, 0.2) is 77.9 Å². The first-order chi connectivity index (χ1) is 33.3. The van der Waals surface area contributed by atoms with Crippen molar-refractivity contribution >= 4 is 51.6 Å². The van der Waals surface area contributed by atoms with Crippen LogP contribution in [0.5, 0.6) is 0 Å². The second-order valence-electron chi connectivity index (χ2n) is 19.6. The van der Waals surface area contributed by atoms with E-state index < -0.39 is 11.9 Å². The van der Waals surface area contributed by atoms with Crippen LogP contribution in [-0.2, 0) is 34.5 Å². The fourth-order valence-electron chi connectivity index (χ4n) is 11.3. The molecule has 0 spiro atoms. The highest BCUT2D eigenvalue weighted by atomic mass is 19.1. The molecule has 15 nitrogen and oxygen atoms in total. The molecule has 0 bridgehead atoms. The van der Waals surface area contributed by atoms with Crippen LogP contribution in [0.4, 0.5) is 15.8 Å². The van der Waals surface area contributed by atoms with Crippen LogP contribution in [0.25, 0.3) is 22.3 Å². The standard InChI is InChI=1S/C53H61FN10O5/c1-33-25-38(27-43(54)49(33)37-12-16-59(17-13-37)32-40-29-42-44(9-15-56-50(42)58(40)4)63-20-14-39(55-3)28-48(63)66)53(69)62-18-10-35(11-19-62)30-60-21-23-61(24-22-60)31-36-5-6-45-41(26-36)34(2)52(68)64(45)46-7-8-47(65)57-51(46)67/h5-6,9,12,14-15,20,25-29,34-35,46,55H,7-8,10-11,13,16-19,21-24,30-32H2,1-4H3,(H,57,65,67)/t34?,46-/m1/s1. The van der Waals surface area contributed by atoms with Gasteiger partial charge in [-0.1, -0.05) is 18.2 Å². The highest BCUT2D eigenvalue weighted by Crippen LogP contribution is 2.40. The van der Waals surface area contributed by atoms with Crippen LogP contribution in [0, 0.1) is 18.7 Å². The summed E-state index contributed by atoms with van der Waals surface area (Å²) in [5, 5.41) is 6.30. The van der Waals surface area contributed by atoms with Gasteiger partial charge in [-0.15, -0.1) is 0 Å². The number of piperidine rings is 2. The maximum Gasteiger partial charge on any atom is 0.257 e. The minimum atomic E-state index is -0.661.